The Labute approximate surface area is 168 Å². The summed E-state index contributed by atoms with van der Waals surface area (Å²) in [5.41, 5.74) is 0.581. The normalized spacial score (nSPS) is 18.8. The van der Waals surface area contributed by atoms with Crippen LogP contribution >= 0.6 is 11.6 Å². The number of hydrogen-bond donors (Lipinski definition) is 2. The van der Waals surface area contributed by atoms with Gasteiger partial charge < -0.3 is 24.8 Å². The predicted octanol–water partition coefficient (Wildman–Crippen LogP) is 3.66. The number of aromatic nitrogens is 2. The molecule has 0 saturated heterocycles. The lowest BCUT2D eigenvalue weighted by Crippen LogP contribution is -2.41. The number of urea groups is 1. The first kappa shape index (κ1) is 20.0. The number of methoxy groups -OCH3 is 2. The van der Waals surface area contributed by atoms with Gasteiger partial charge in [-0.05, 0) is 37.8 Å². The van der Waals surface area contributed by atoms with E-state index >= 15 is 0 Å². The molecule has 1 fully saturated rings. The van der Waals surface area contributed by atoms with Crippen molar-refractivity contribution in [3.63, 3.8) is 0 Å². The van der Waals surface area contributed by atoms with E-state index in [-0.39, 0.29) is 18.2 Å². The molecule has 9 heteroatoms. The highest BCUT2D eigenvalue weighted by atomic mass is 35.5. The summed E-state index contributed by atoms with van der Waals surface area (Å²) in [6.07, 6.45) is 6.29. The van der Waals surface area contributed by atoms with Crippen LogP contribution in [0.15, 0.2) is 30.6 Å². The van der Waals surface area contributed by atoms with Crippen molar-refractivity contribution in [3.8, 4) is 17.5 Å². The minimum absolute atomic E-state index is 0.0315. The molecule has 2 amide bonds. The summed E-state index contributed by atoms with van der Waals surface area (Å²) in [6, 6.07) is 5.36. The third-order valence-corrected chi connectivity index (χ3v) is 4.73. The summed E-state index contributed by atoms with van der Waals surface area (Å²) in [5, 5.41) is 6.29. The molecule has 28 heavy (non-hydrogen) atoms. The molecule has 1 saturated carbocycles. The summed E-state index contributed by atoms with van der Waals surface area (Å²) in [5.74, 6) is 1.19. The zero-order valence-corrected chi connectivity index (χ0v) is 16.5. The van der Waals surface area contributed by atoms with Gasteiger partial charge >= 0.3 is 12.0 Å². The molecule has 0 radical (unpaired) electrons. The van der Waals surface area contributed by atoms with Gasteiger partial charge in [0.25, 0.3) is 0 Å². The number of nitrogens with zero attached hydrogens (tertiary/aromatic N) is 2. The van der Waals surface area contributed by atoms with E-state index in [0.717, 1.165) is 25.7 Å². The number of hydrogen-bond acceptors (Lipinski definition) is 6. The molecule has 2 N–H and O–H groups in total. The smallest absolute Gasteiger partial charge is 0.319 e. The molecular formula is C19H23ClN4O4. The number of ether oxygens (including phenoxy) is 3. The van der Waals surface area contributed by atoms with Crippen LogP contribution in [0, 0.1) is 0 Å². The summed E-state index contributed by atoms with van der Waals surface area (Å²) in [6.45, 7) is 0. The van der Waals surface area contributed by atoms with E-state index in [1.807, 2.05) is 0 Å². The lowest BCUT2D eigenvalue weighted by molar-refractivity contribution is 0.129. The Morgan fingerprint density at radius 2 is 1.82 bits per heavy atom. The first-order valence-corrected chi connectivity index (χ1v) is 9.39. The summed E-state index contributed by atoms with van der Waals surface area (Å²) in [7, 11) is 3.12. The molecule has 1 heterocycles. The molecule has 0 atom stereocenters. The average molecular weight is 407 g/mol. The van der Waals surface area contributed by atoms with Crippen molar-refractivity contribution in [2.75, 3.05) is 19.5 Å². The Bertz CT molecular complexity index is 795. The van der Waals surface area contributed by atoms with Crippen LogP contribution in [0.2, 0.25) is 5.02 Å². The average Bonchev–Trinajstić information content (AvgIpc) is 2.71. The van der Waals surface area contributed by atoms with Crippen LogP contribution in [0.5, 0.6) is 17.5 Å². The minimum atomic E-state index is -0.270. The molecule has 1 aliphatic rings. The van der Waals surface area contributed by atoms with Crippen molar-refractivity contribution in [1.82, 2.24) is 15.3 Å². The highest BCUT2D eigenvalue weighted by Gasteiger charge is 2.24. The van der Waals surface area contributed by atoms with Crippen LogP contribution in [0.3, 0.4) is 0 Å². The van der Waals surface area contributed by atoms with Gasteiger partial charge in [-0.15, -0.1) is 0 Å². The molecule has 150 valence electrons. The van der Waals surface area contributed by atoms with Gasteiger partial charge in [0.2, 0.25) is 0 Å². The molecule has 2 aromatic rings. The van der Waals surface area contributed by atoms with Crippen LogP contribution in [0.1, 0.15) is 25.7 Å². The quantitative estimate of drug-likeness (QED) is 0.760. The number of halogens is 1. The summed E-state index contributed by atoms with van der Waals surface area (Å²) in [4.78, 5) is 20.4. The van der Waals surface area contributed by atoms with Crippen LogP contribution in [0.4, 0.5) is 10.5 Å². The molecule has 0 spiro atoms. The number of nitrogens with one attached hydrogen (secondary N) is 2. The third kappa shape index (κ3) is 5.39. The molecule has 1 aromatic heterocycles. The number of carbonyl (C=O) groups is 1. The van der Waals surface area contributed by atoms with Crippen LogP contribution < -0.4 is 24.8 Å². The van der Waals surface area contributed by atoms with Gasteiger partial charge in [-0.2, -0.15) is 0 Å². The number of amides is 2. The lowest BCUT2D eigenvalue weighted by Gasteiger charge is -2.28. The Morgan fingerprint density at radius 3 is 2.46 bits per heavy atom. The monoisotopic (exact) mass is 406 g/mol. The van der Waals surface area contributed by atoms with Gasteiger partial charge in [0.1, 0.15) is 17.6 Å². The number of carbonyl (C=O) groups excluding carboxylic acids is 1. The fourth-order valence-corrected chi connectivity index (χ4v) is 3.18. The van der Waals surface area contributed by atoms with Crippen LogP contribution in [-0.4, -0.2) is 42.4 Å². The number of benzene rings is 1. The second-order valence-corrected chi connectivity index (χ2v) is 6.88. The first-order chi connectivity index (χ1) is 13.6. The van der Waals surface area contributed by atoms with Gasteiger partial charge in [-0.1, -0.05) is 11.6 Å². The molecule has 1 aliphatic carbocycles. The molecule has 0 unspecified atom stereocenters. The van der Waals surface area contributed by atoms with E-state index in [2.05, 4.69) is 20.6 Å². The lowest BCUT2D eigenvalue weighted by atomic mass is 9.93. The fraction of sp³-hybridized carbons (Fsp3) is 0.421. The molecule has 0 bridgehead atoms. The van der Waals surface area contributed by atoms with Gasteiger partial charge in [-0.25, -0.2) is 14.8 Å². The Hall–Kier alpha value is -2.74. The van der Waals surface area contributed by atoms with E-state index < -0.39 is 0 Å². The van der Waals surface area contributed by atoms with Crippen molar-refractivity contribution in [2.45, 2.75) is 37.8 Å². The Kier molecular flexibility index (Phi) is 6.76. The highest BCUT2D eigenvalue weighted by Crippen LogP contribution is 2.29. The van der Waals surface area contributed by atoms with Crippen LogP contribution in [0.25, 0.3) is 0 Å². The molecular weight excluding hydrogens is 384 g/mol. The molecule has 0 aliphatic heterocycles. The van der Waals surface area contributed by atoms with Crippen molar-refractivity contribution >= 4 is 23.3 Å². The standard InChI is InChI=1S/C19H23ClN4O4/c1-26-15-7-8-16(17(9-15)27-2)24-18(25)23-13-3-5-14(6-4-13)28-19-21-10-12(20)11-22-19/h7-11,13-14H,3-6H2,1-2H3,(H2,23,24,25). The molecule has 8 nitrogen and oxygen atoms in total. The SMILES string of the molecule is COc1ccc(NC(=O)NC2CCC(Oc3ncc(Cl)cn3)CC2)c(OC)c1. The summed E-state index contributed by atoms with van der Waals surface area (Å²) < 4.78 is 16.2. The van der Waals surface area contributed by atoms with Crippen molar-refractivity contribution in [3.05, 3.63) is 35.6 Å². The zero-order valence-electron chi connectivity index (χ0n) is 15.8. The summed E-state index contributed by atoms with van der Waals surface area (Å²) >= 11 is 5.77. The largest absolute Gasteiger partial charge is 0.497 e. The second kappa shape index (κ2) is 9.45. The zero-order chi connectivity index (χ0) is 19.9. The fourth-order valence-electron chi connectivity index (χ4n) is 3.08. The van der Waals surface area contributed by atoms with Crippen molar-refractivity contribution in [1.29, 1.82) is 0 Å². The van der Waals surface area contributed by atoms with Gasteiger partial charge in [0.05, 0.1) is 37.3 Å². The predicted molar refractivity (Wildman–Crippen MR) is 105 cm³/mol. The first-order valence-electron chi connectivity index (χ1n) is 9.01. The van der Waals surface area contributed by atoms with Crippen molar-refractivity contribution in [2.24, 2.45) is 0 Å². The maximum atomic E-state index is 12.3. The van der Waals surface area contributed by atoms with Gasteiger partial charge in [0, 0.05) is 12.1 Å². The maximum Gasteiger partial charge on any atom is 0.319 e. The van der Waals surface area contributed by atoms with Crippen molar-refractivity contribution < 1.29 is 19.0 Å². The minimum Gasteiger partial charge on any atom is -0.497 e. The second-order valence-electron chi connectivity index (χ2n) is 6.44. The van der Waals surface area contributed by atoms with E-state index in [1.165, 1.54) is 12.4 Å². The van der Waals surface area contributed by atoms with E-state index in [1.54, 1.807) is 32.4 Å². The number of anilines is 1. The van der Waals surface area contributed by atoms with Gasteiger partial charge in [0.15, 0.2) is 0 Å². The maximum absolute atomic E-state index is 12.3. The Morgan fingerprint density at radius 1 is 1.11 bits per heavy atom. The van der Waals surface area contributed by atoms with E-state index in [0.29, 0.717) is 28.2 Å². The van der Waals surface area contributed by atoms with E-state index in [9.17, 15) is 4.79 Å². The van der Waals surface area contributed by atoms with E-state index in [4.69, 9.17) is 25.8 Å². The van der Waals surface area contributed by atoms with Gasteiger partial charge in [-0.3, -0.25) is 0 Å². The number of rotatable bonds is 6. The third-order valence-electron chi connectivity index (χ3n) is 4.54. The molecule has 3 rings (SSSR count). The van der Waals surface area contributed by atoms with Crippen LogP contribution in [-0.2, 0) is 0 Å². The molecule has 1 aromatic carbocycles. The Balaban J connectivity index is 1.46. The topological polar surface area (TPSA) is 94.6 Å². The highest BCUT2D eigenvalue weighted by molar-refractivity contribution is 6.30.